The normalized spacial score (nSPS) is 20.6. The van der Waals surface area contributed by atoms with Crippen LogP contribution in [-0.2, 0) is 4.79 Å². The monoisotopic (exact) mass is 142 g/mol. The van der Waals surface area contributed by atoms with Gasteiger partial charge >= 0.3 is 0 Å². The summed E-state index contributed by atoms with van der Waals surface area (Å²) in [5.41, 5.74) is 0. The summed E-state index contributed by atoms with van der Waals surface area (Å²) in [6.07, 6.45) is 2.51. The predicted molar refractivity (Wildman–Crippen MR) is 36.2 cm³/mol. The average Bonchev–Trinajstić information content (AvgIpc) is 2.05. The van der Waals surface area contributed by atoms with Crippen molar-refractivity contribution >= 4 is 6.29 Å². The standard InChI is InChI=1S/C6H10N2O2/c9-5-6-1-3-8(7-10)4-2-6/h5-6H,1-4H2. The van der Waals surface area contributed by atoms with Gasteiger partial charge in [-0.05, 0) is 12.8 Å². The van der Waals surface area contributed by atoms with E-state index in [1.165, 1.54) is 5.01 Å². The Bertz CT molecular complexity index is 114. The highest BCUT2D eigenvalue weighted by molar-refractivity contribution is 5.53. The van der Waals surface area contributed by atoms with Gasteiger partial charge in [-0.3, -0.25) is 5.01 Å². The van der Waals surface area contributed by atoms with E-state index in [-0.39, 0.29) is 5.92 Å². The Kier molecular flexibility index (Phi) is 2.36. The summed E-state index contributed by atoms with van der Waals surface area (Å²) in [7, 11) is 0. The van der Waals surface area contributed by atoms with Crippen LogP contribution in [0.4, 0.5) is 0 Å². The molecule has 1 aliphatic rings. The van der Waals surface area contributed by atoms with Crippen LogP contribution in [0.5, 0.6) is 0 Å². The Morgan fingerprint density at radius 1 is 1.40 bits per heavy atom. The van der Waals surface area contributed by atoms with Crippen molar-refractivity contribution in [1.82, 2.24) is 5.01 Å². The molecule has 0 aliphatic carbocycles. The first-order chi connectivity index (χ1) is 4.86. The number of nitroso groups, excluding NO2 is 1. The van der Waals surface area contributed by atoms with Crippen molar-refractivity contribution < 1.29 is 4.79 Å². The van der Waals surface area contributed by atoms with E-state index in [0.717, 1.165) is 19.1 Å². The van der Waals surface area contributed by atoms with Crippen LogP contribution >= 0.6 is 0 Å². The van der Waals surface area contributed by atoms with Gasteiger partial charge in [-0.1, -0.05) is 0 Å². The molecule has 0 amide bonds. The van der Waals surface area contributed by atoms with Gasteiger partial charge in [-0.15, -0.1) is 4.91 Å². The average molecular weight is 142 g/mol. The molecule has 0 aromatic rings. The molecule has 0 unspecified atom stereocenters. The summed E-state index contributed by atoms with van der Waals surface area (Å²) in [6, 6.07) is 0. The van der Waals surface area contributed by atoms with Gasteiger partial charge in [0.05, 0.1) is 5.29 Å². The molecule has 1 saturated heterocycles. The summed E-state index contributed by atoms with van der Waals surface area (Å²) < 4.78 is 0. The maximum Gasteiger partial charge on any atom is 0.123 e. The molecule has 4 nitrogen and oxygen atoms in total. The van der Waals surface area contributed by atoms with Gasteiger partial charge in [-0.25, -0.2) is 0 Å². The number of carbonyl (C=O) groups excluding carboxylic acids is 1. The Morgan fingerprint density at radius 3 is 2.40 bits per heavy atom. The number of hydrogen-bond donors (Lipinski definition) is 0. The maximum atomic E-state index is 10.2. The minimum absolute atomic E-state index is 0.151. The van der Waals surface area contributed by atoms with E-state index in [1.54, 1.807) is 0 Å². The summed E-state index contributed by atoms with van der Waals surface area (Å²) >= 11 is 0. The van der Waals surface area contributed by atoms with Crippen LogP contribution in [0.2, 0.25) is 0 Å². The van der Waals surface area contributed by atoms with Crippen molar-refractivity contribution in [3.05, 3.63) is 4.91 Å². The van der Waals surface area contributed by atoms with Gasteiger partial charge in [-0.2, -0.15) is 0 Å². The molecule has 0 aromatic heterocycles. The van der Waals surface area contributed by atoms with Crippen LogP contribution in [0.3, 0.4) is 0 Å². The largest absolute Gasteiger partial charge is 0.303 e. The van der Waals surface area contributed by atoms with Crippen molar-refractivity contribution in [2.24, 2.45) is 11.2 Å². The molecule has 10 heavy (non-hydrogen) atoms. The third-order valence-corrected chi connectivity index (χ3v) is 1.82. The molecule has 4 heteroatoms. The van der Waals surface area contributed by atoms with Crippen molar-refractivity contribution in [1.29, 1.82) is 0 Å². The van der Waals surface area contributed by atoms with E-state index in [9.17, 15) is 9.70 Å². The second-order valence-electron chi connectivity index (χ2n) is 2.51. The lowest BCUT2D eigenvalue weighted by Gasteiger charge is -2.23. The number of aldehydes is 1. The highest BCUT2D eigenvalue weighted by atomic mass is 16.3. The highest BCUT2D eigenvalue weighted by Gasteiger charge is 2.17. The minimum Gasteiger partial charge on any atom is -0.303 e. The number of piperidine rings is 1. The first-order valence-corrected chi connectivity index (χ1v) is 3.40. The number of nitrogens with zero attached hydrogens (tertiary/aromatic N) is 2. The number of rotatable bonds is 2. The zero-order chi connectivity index (χ0) is 7.40. The second kappa shape index (κ2) is 3.29. The van der Waals surface area contributed by atoms with Crippen LogP contribution in [0.25, 0.3) is 0 Å². The molecular weight excluding hydrogens is 132 g/mol. The fourth-order valence-electron chi connectivity index (χ4n) is 1.10. The maximum absolute atomic E-state index is 10.2. The van der Waals surface area contributed by atoms with Gasteiger partial charge in [0.1, 0.15) is 6.29 Å². The highest BCUT2D eigenvalue weighted by Crippen LogP contribution is 2.14. The van der Waals surface area contributed by atoms with Crippen molar-refractivity contribution in [3.63, 3.8) is 0 Å². The Balaban J connectivity index is 2.30. The number of hydrogen-bond acceptors (Lipinski definition) is 3. The molecule has 0 atom stereocenters. The summed E-state index contributed by atoms with van der Waals surface area (Å²) in [5.74, 6) is 0.151. The van der Waals surface area contributed by atoms with E-state index in [0.29, 0.717) is 13.1 Å². The quantitative estimate of drug-likeness (QED) is 0.418. The minimum atomic E-state index is 0.151. The van der Waals surface area contributed by atoms with Crippen LogP contribution in [0, 0.1) is 10.8 Å². The first-order valence-electron chi connectivity index (χ1n) is 3.40. The third-order valence-electron chi connectivity index (χ3n) is 1.82. The van der Waals surface area contributed by atoms with Crippen molar-refractivity contribution in [2.45, 2.75) is 12.8 Å². The molecule has 1 fully saturated rings. The first kappa shape index (κ1) is 7.18. The zero-order valence-corrected chi connectivity index (χ0v) is 5.69. The Hall–Kier alpha value is -0.930. The molecule has 56 valence electrons. The van der Waals surface area contributed by atoms with Gasteiger partial charge in [0, 0.05) is 19.0 Å². The van der Waals surface area contributed by atoms with Crippen molar-refractivity contribution in [3.8, 4) is 0 Å². The lowest BCUT2D eigenvalue weighted by Crippen LogP contribution is -2.29. The van der Waals surface area contributed by atoms with Gasteiger partial charge < -0.3 is 4.79 Å². The van der Waals surface area contributed by atoms with Gasteiger partial charge in [0.2, 0.25) is 0 Å². The summed E-state index contributed by atoms with van der Waals surface area (Å²) in [6.45, 7) is 1.26. The molecule has 0 radical (unpaired) electrons. The topological polar surface area (TPSA) is 49.7 Å². The van der Waals surface area contributed by atoms with E-state index < -0.39 is 0 Å². The zero-order valence-electron chi connectivity index (χ0n) is 5.69. The van der Waals surface area contributed by atoms with Gasteiger partial charge in [0.25, 0.3) is 0 Å². The lowest BCUT2D eigenvalue weighted by molar-refractivity contribution is -0.112. The lowest BCUT2D eigenvalue weighted by atomic mass is 10.00. The molecule has 0 bridgehead atoms. The Labute approximate surface area is 59.1 Å². The fraction of sp³-hybridized carbons (Fsp3) is 0.833. The molecule has 1 heterocycles. The second-order valence-corrected chi connectivity index (χ2v) is 2.51. The van der Waals surface area contributed by atoms with Crippen LogP contribution in [0.1, 0.15) is 12.8 Å². The van der Waals surface area contributed by atoms with E-state index in [2.05, 4.69) is 5.29 Å². The van der Waals surface area contributed by atoms with Crippen LogP contribution in [-0.4, -0.2) is 24.4 Å². The van der Waals surface area contributed by atoms with Crippen LogP contribution < -0.4 is 0 Å². The van der Waals surface area contributed by atoms with E-state index >= 15 is 0 Å². The molecule has 0 aromatic carbocycles. The summed E-state index contributed by atoms with van der Waals surface area (Å²) in [5, 5.41) is 4.24. The SMILES string of the molecule is O=CC1CCN(N=O)CC1. The van der Waals surface area contributed by atoms with Crippen molar-refractivity contribution in [2.75, 3.05) is 13.1 Å². The smallest absolute Gasteiger partial charge is 0.123 e. The fourth-order valence-corrected chi connectivity index (χ4v) is 1.10. The van der Waals surface area contributed by atoms with Crippen LogP contribution in [0.15, 0.2) is 5.29 Å². The molecule has 0 spiro atoms. The van der Waals surface area contributed by atoms with E-state index in [4.69, 9.17) is 0 Å². The summed E-state index contributed by atoms with van der Waals surface area (Å²) in [4.78, 5) is 20.2. The van der Waals surface area contributed by atoms with Gasteiger partial charge in [0.15, 0.2) is 0 Å². The Morgan fingerprint density at radius 2 is 2.00 bits per heavy atom. The molecular formula is C6H10N2O2. The molecule has 1 aliphatic heterocycles. The number of carbonyl (C=O) groups is 1. The molecule has 0 saturated carbocycles. The predicted octanol–water partition coefficient (Wildman–Crippen LogP) is 0.579. The third kappa shape index (κ3) is 1.52. The molecule has 0 N–H and O–H groups in total. The molecule has 1 rings (SSSR count). The van der Waals surface area contributed by atoms with E-state index in [1.807, 2.05) is 0 Å².